The predicted octanol–water partition coefficient (Wildman–Crippen LogP) is 4.27. The molecular weight excluding hydrogens is 508 g/mol. The van der Waals surface area contributed by atoms with Gasteiger partial charge in [0.05, 0.1) is 19.2 Å². The number of aromatic nitrogens is 1. The molecule has 8 nitrogen and oxygen atoms in total. The molecule has 1 fully saturated rings. The number of carbonyl (C=O) groups is 2. The van der Waals surface area contributed by atoms with Crippen LogP contribution in [-0.2, 0) is 29.1 Å². The largest absolute Gasteiger partial charge is 0.493 e. The molecule has 204 valence electrons. The lowest BCUT2D eigenvalue weighted by Crippen LogP contribution is -2.45. The molecule has 2 aliphatic rings. The van der Waals surface area contributed by atoms with E-state index >= 15 is 0 Å². The fraction of sp³-hybridized carbons (Fsp3) is 0.281. The van der Waals surface area contributed by atoms with Crippen LogP contribution >= 0.6 is 0 Å². The lowest BCUT2D eigenvalue weighted by molar-refractivity contribution is -0.147. The van der Waals surface area contributed by atoms with Gasteiger partial charge >= 0.3 is 5.97 Å². The molecule has 2 heterocycles. The minimum atomic E-state index is -0.984. The molecule has 3 aromatic carbocycles. The SMILES string of the molecule is COc1ccc2cc(C(=O)N[C@H](Cc3ccccc3)C(=O)OCc3ccccc3)c(=O)n3c2c1OCC1(CC1)C3. The van der Waals surface area contributed by atoms with E-state index < -0.39 is 23.5 Å². The number of nitrogens with one attached hydrogen (secondary N) is 1. The predicted molar refractivity (Wildman–Crippen MR) is 150 cm³/mol. The van der Waals surface area contributed by atoms with Crippen molar-refractivity contribution in [1.29, 1.82) is 0 Å². The molecule has 0 bridgehead atoms. The van der Waals surface area contributed by atoms with Crippen LogP contribution in [0.3, 0.4) is 0 Å². The molecule has 1 spiro atoms. The van der Waals surface area contributed by atoms with Crippen LogP contribution in [-0.4, -0.2) is 36.2 Å². The molecule has 40 heavy (non-hydrogen) atoms. The van der Waals surface area contributed by atoms with Gasteiger partial charge in [0.2, 0.25) is 0 Å². The highest BCUT2D eigenvalue weighted by Crippen LogP contribution is 2.50. The van der Waals surface area contributed by atoms with Gasteiger partial charge in [-0.25, -0.2) is 4.79 Å². The minimum Gasteiger partial charge on any atom is -0.493 e. The van der Waals surface area contributed by atoms with Gasteiger partial charge in [-0.15, -0.1) is 0 Å². The van der Waals surface area contributed by atoms with Crippen LogP contribution < -0.4 is 20.3 Å². The Morgan fingerprint density at radius 2 is 1.70 bits per heavy atom. The highest BCUT2D eigenvalue weighted by Gasteiger charge is 2.46. The standard InChI is InChI=1S/C32H30N2O6/c1-38-26-13-12-23-17-24(30(36)34-19-32(14-15-32)20-40-28(26)27(23)34)29(35)33-25(16-21-8-4-2-5-9-21)31(37)39-18-22-10-6-3-7-11-22/h2-13,17,25H,14-16,18-20H2,1H3,(H,33,35)/t25-/m1/s1. The number of methoxy groups -OCH3 is 1. The van der Waals surface area contributed by atoms with E-state index in [1.807, 2.05) is 66.7 Å². The maximum atomic E-state index is 13.8. The fourth-order valence-corrected chi connectivity index (χ4v) is 5.23. The second kappa shape index (κ2) is 10.5. The number of amides is 1. The van der Waals surface area contributed by atoms with E-state index in [1.54, 1.807) is 23.8 Å². The Bertz CT molecular complexity index is 1630. The molecule has 1 amide bonds. The molecule has 6 rings (SSSR count). The van der Waals surface area contributed by atoms with E-state index in [0.717, 1.165) is 24.0 Å². The van der Waals surface area contributed by atoms with Crippen molar-refractivity contribution >= 4 is 22.8 Å². The first-order valence-corrected chi connectivity index (χ1v) is 13.4. The van der Waals surface area contributed by atoms with Crippen molar-refractivity contribution in [2.45, 2.75) is 38.5 Å². The van der Waals surface area contributed by atoms with Crippen LogP contribution in [0, 0.1) is 5.41 Å². The van der Waals surface area contributed by atoms with Crippen LogP contribution in [0.25, 0.3) is 10.9 Å². The lowest BCUT2D eigenvalue weighted by atomic mass is 10.0. The van der Waals surface area contributed by atoms with Crippen LogP contribution in [0.5, 0.6) is 11.5 Å². The van der Waals surface area contributed by atoms with Crippen molar-refractivity contribution in [2.75, 3.05) is 13.7 Å². The third kappa shape index (κ3) is 5.04. The Morgan fingerprint density at radius 3 is 2.38 bits per heavy atom. The molecular formula is C32H30N2O6. The van der Waals surface area contributed by atoms with Crippen molar-refractivity contribution in [2.24, 2.45) is 5.41 Å². The van der Waals surface area contributed by atoms with E-state index in [-0.39, 0.29) is 24.0 Å². The van der Waals surface area contributed by atoms with E-state index in [1.165, 1.54) is 0 Å². The summed E-state index contributed by atoms with van der Waals surface area (Å²) in [6.45, 7) is 1.02. The summed E-state index contributed by atoms with van der Waals surface area (Å²) in [6, 6.07) is 22.9. The molecule has 0 radical (unpaired) electrons. The van der Waals surface area contributed by atoms with Gasteiger partial charge < -0.3 is 24.1 Å². The Balaban J connectivity index is 1.33. The summed E-state index contributed by atoms with van der Waals surface area (Å²) < 4.78 is 18.9. The number of nitrogens with zero attached hydrogens (tertiary/aromatic N) is 1. The number of esters is 1. The van der Waals surface area contributed by atoms with Gasteiger partial charge in [-0.2, -0.15) is 0 Å². The second-order valence-corrected chi connectivity index (χ2v) is 10.6. The van der Waals surface area contributed by atoms with Crippen molar-refractivity contribution in [3.63, 3.8) is 0 Å². The first-order valence-electron chi connectivity index (χ1n) is 13.4. The zero-order valence-electron chi connectivity index (χ0n) is 22.2. The van der Waals surface area contributed by atoms with Crippen LogP contribution in [0.4, 0.5) is 0 Å². The molecule has 1 aliphatic heterocycles. The summed E-state index contributed by atoms with van der Waals surface area (Å²) in [6.07, 6.45) is 2.11. The van der Waals surface area contributed by atoms with Gasteiger partial charge in [0.1, 0.15) is 18.2 Å². The van der Waals surface area contributed by atoms with E-state index in [0.29, 0.717) is 35.6 Å². The van der Waals surface area contributed by atoms with E-state index in [2.05, 4.69) is 5.32 Å². The summed E-state index contributed by atoms with van der Waals surface area (Å²) >= 11 is 0. The maximum Gasteiger partial charge on any atom is 0.329 e. The molecule has 8 heteroatoms. The molecule has 4 aromatic rings. The van der Waals surface area contributed by atoms with Crippen molar-refractivity contribution in [3.05, 3.63) is 106 Å². The Morgan fingerprint density at radius 1 is 1.00 bits per heavy atom. The topological polar surface area (TPSA) is 95.9 Å². The quantitative estimate of drug-likeness (QED) is 0.337. The van der Waals surface area contributed by atoms with Crippen LogP contribution in [0.15, 0.2) is 83.7 Å². The summed E-state index contributed by atoms with van der Waals surface area (Å²) in [7, 11) is 1.56. The highest BCUT2D eigenvalue weighted by atomic mass is 16.5. The lowest BCUT2D eigenvalue weighted by Gasteiger charge is -2.19. The Kier molecular flexibility index (Phi) is 6.76. The van der Waals surface area contributed by atoms with Gasteiger partial charge in [0.15, 0.2) is 11.5 Å². The fourth-order valence-electron chi connectivity index (χ4n) is 5.23. The third-order valence-corrected chi connectivity index (χ3v) is 7.71. The number of hydrogen-bond acceptors (Lipinski definition) is 6. The Labute approximate surface area is 231 Å². The van der Waals surface area contributed by atoms with Gasteiger partial charge in [0, 0.05) is 23.8 Å². The van der Waals surface area contributed by atoms with Gasteiger partial charge in [-0.1, -0.05) is 60.7 Å². The van der Waals surface area contributed by atoms with Gasteiger partial charge in [-0.05, 0) is 42.2 Å². The van der Waals surface area contributed by atoms with E-state index in [4.69, 9.17) is 14.2 Å². The van der Waals surface area contributed by atoms with Gasteiger partial charge in [0.25, 0.3) is 11.5 Å². The summed E-state index contributed by atoms with van der Waals surface area (Å²) in [5.41, 5.74) is 1.73. The van der Waals surface area contributed by atoms with Crippen LogP contribution in [0.2, 0.25) is 0 Å². The molecule has 0 saturated heterocycles. The molecule has 0 unspecified atom stereocenters. The van der Waals surface area contributed by atoms with Crippen molar-refractivity contribution in [3.8, 4) is 11.5 Å². The maximum absolute atomic E-state index is 13.8. The monoisotopic (exact) mass is 538 g/mol. The molecule has 1 aliphatic carbocycles. The number of carbonyl (C=O) groups excluding carboxylic acids is 2. The number of hydrogen-bond donors (Lipinski definition) is 1. The summed E-state index contributed by atoms with van der Waals surface area (Å²) in [5, 5.41) is 3.48. The number of rotatable bonds is 8. The Hall–Kier alpha value is -4.59. The molecule has 1 saturated carbocycles. The zero-order valence-corrected chi connectivity index (χ0v) is 22.2. The number of ether oxygens (including phenoxy) is 3. The van der Waals surface area contributed by atoms with E-state index in [9.17, 15) is 14.4 Å². The van der Waals surface area contributed by atoms with Gasteiger partial charge in [-0.3, -0.25) is 9.59 Å². The molecule has 1 aromatic heterocycles. The first-order chi connectivity index (χ1) is 19.5. The number of benzene rings is 3. The zero-order chi connectivity index (χ0) is 27.7. The third-order valence-electron chi connectivity index (χ3n) is 7.71. The number of pyridine rings is 1. The summed E-state index contributed by atoms with van der Waals surface area (Å²) in [4.78, 5) is 40.7. The van der Waals surface area contributed by atoms with Crippen molar-refractivity contribution < 1.29 is 23.8 Å². The summed E-state index contributed by atoms with van der Waals surface area (Å²) in [5.74, 6) is -0.142. The second-order valence-electron chi connectivity index (χ2n) is 10.6. The molecule has 1 N–H and O–H groups in total. The average Bonchev–Trinajstić information content (AvgIpc) is 3.78. The molecule has 1 atom stereocenters. The van der Waals surface area contributed by atoms with Crippen LogP contribution in [0.1, 0.15) is 34.3 Å². The first kappa shape index (κ1) is 25.7. The van der Waals surface area contributed by atoms with Crippen molar-refractivity contribution in [1.82, 2.24) is 9.88 Å². The smallest absolute Gasteiger partial charge is 0.329 e. The average molecular weight is 539 g/mol. The highest BCUT2D eigenvalue weighted by molar-refractivity contribution is 6.00. The minimum absolute atomic E-state index is 0.0322. The normalized spacial score (nSPS) is 15.5.